The van der Waals surface area contributed by atoms with Crippen LogP contribution in [0.5, 0.6) is 0 Å². The van der Waals surface area contributed by atoms with Crippen LogP contribution in [-0.4, -0.2) is 54.6 Å². The van der Waals surface area contributed by atoms with Crippen molar-refractivity contribution in [2.24, 2.45) is 5.92 Å². The molecule has 0 unspecified atom stereocenters. The minimum Gasteiger partial charge on any atom is -0.336 e. The average Bonchev–Trinajstić information content (AvgIpc) is 3.79. The van der Waals surface area contributed by atoms with Crippen molar-refractivity contribution in [3.05, 3.63) is 89.2 Å². The zero-order chi connectivity index (χ0) is 29.9. The van der Waals surface area contributed by atoms with Crippen molar-refractivity contribution in [2.45, 2.75) is 38.0 Å². The van der Waals surface area contributed by atoms with E-state index in [-0.39, 0.29) is 24.3 Å². The van der Waals surface area contributed by atoms with Crippen LogP contribution in [0, 0.1) is 23.1 Å². The van der Waals surface area contributed by atoms with E-state index in [1.165, 1.54) is 12.8 Å². The van der Waals surface area contributed by atoms with E-state index in [0.717, 1.165) is 54.9 Å². The van der Waals surface area contributed by atoms with Gasteiger partial charge in [-0.1, -0.05) is 36.4 Å². The summed E-state index contributed by atoms with van der Waals surface area (Å²) in [5.41, 5.74) is 1.86. The number of benzene rings is 3. The van der Waals surface area contributed by atoms with E-state index in [9.17, 15) is 27.6 Å². The fourth-order valence-electron chi connectivity index (χ4n) is 5.62. The predicted octanol–water partition coefficient (Wildman–Crippen LogP) is 6.66. The van der Waals surface area contributed by atoms with Crippen molar-refractivity contribution in [2.75, 3.05) is 38.0 Å². The van der Waals surface area contributed by atoms with E-state index in [1.54, 1.807) is 6.07 Å². The quantitative estimate of drug-likeness (QED) is 0.293. The number of piperazine rings is 1. The van der Waals surface area contributed by atoms with E-state index in [1.807, 2.05) is 42.5 Å². The Morgan fingerprint density at radius 2 is 1.81 bits per heavy atom. The number of halogens is 4. The Labute approximate surface area is 242 Å². The van der Waals surface area contributed by atoms with Crippen LogP contribution < -0.4 is 10.6 Å². The van der Waals surface area contributed by atoms with Gasteiger partial charge < -0.3 is 15.5 Å². The van der Waals surface area contributed by atoms with Gasteiger partial charge in [-0.05, 0) is 72.7 Å². The molecule has 1 aliphatic carbocycles. The third-order valence-electron chi connectivity index (χ3n) is 7.98. The number of nitrogens with one attached hydrogen (secondary N) is 2. The lowest BCUT2D eigenvalue weighted by atomic mass is 9.97. The topological polar surface area (TPSA) is 71.4 Å². The summed E-state index contributed by atoms with van der Waals surface area (Å²) in [4.78, 5) is 17.6. The molecule has 1 saturated heterocycles. The summed E-state index contributed by atoms with van der Waals surface area (Å²) in [6.07, 6.45) is -2.29. The average molecular weight is 580 g/mol. The van der Waals surface area contributed by atoms with Gasteiger partial charge in [0.25, 0.3) is 0 Å². The summed E-state index contributed by atoms with van der Waals surface area (Å²) < 4.78 is 53.1. The number of carbonyl (C=O) groups is 1. The number of rotatable bonds is 8. The predicted molar refractivity (Wildman–Crippen MR) is 153 cm³/mol. The van der Waals surface area contributed by atoms with Gasteiger partial charge in [0, 0.05) is 44.5 Å². The molecule has 6 nitrogen and oxygen atoms in total. The van der Waals surface area contributed by atoms with Crippen LogP contribution in [0.25, 0.3) is 11.1 Å². The lowest BCUT2D eigenvalue weighted by Crippen LogP contribution is -2.55. The van der Waals surface area contributed by atoms with Crippen molar-refractivity contribution in [1.29, 1.82) is 5.26 Å². The maximum absolute atomic E-state index is 13.7. The lowest BCUT2D eigenvalue weighted by Gasteiger charge is -2.44. The number of nitrogens with zero attached hydrogens (tertiary/aromatic N) is 3. The van der Waals surface area contributed by atoms with Crippen LogP contribution in [0.1, 0.15) is 42.5 Å². The number of hydrogen-bond acceptors (Lipinski definition) is 4. The molecule has 2 fully saturated rings. The van der Waals surface area contributed by atoms with Gasteiger partial charge in [0.15, 0.2) is 0 Å². The molecule has 3 aromatic carbocycles. The minimum absolute atomic E-state index is 0.149. The first-order valence-electron chi connectivity index (χ1n) is 14.1. The van der Waals surface area contributed by atoms with E-state index in [2.05, 4.69) is 33.4 Å². The van der Waals surface area contributed by atoms with Crippen LogP contribution in [0.4, 0.5) is 28.0 Å². The van der Waals surface area contributed by atoms with Gasteiger partial charge in [0.2, 0.25) is 0 Å². The summed E-state index contributed by atoms with van der Waals surface area (Å²) >= 11 is 0. The van der Waals surface area contributed by atoms with Gasteiger partial charge in [-0.2, -0.15) is 18.4 Å². The maximum Gasteiger partial charge on any atom is 0.419 e. The first-order chi connectivity index (χ1) is 20.1. The highest BCUT2D eigenvalue weighted by Crippen LogP contribution is 2.34. The third kappa shape index (κ3) is 7.27. The number of nitriles is 1. The molecule has 1 aliphatic heterocycles. The summed E-state index contributed by atoms with van der Waals surface area (Å²) in [7, 11) is 0. The van der Waals surface area contributed by atoms with Gasteiger partial charge in [-0.3, -0.25) is 4.90 Å². The molecule has 2 N–H and O–H groups in total. The standard InChI is InChI=1S/C32H33F4N5O/c1-21-19-40(20-22-5-6-22)13-14-41(21)30(25-9-7-24(8-10-25)26-4-2-3-23(15-26)17-37)18-38-31(42)39-27-11-12-29(33)28(16-27)32(34,35)36/h2-4,7-12,15-16,21-22,30H,5-6,13-14,18-20H2,1H3,(H2,38,39,42)/t21-,30+/m0/s1. The third-order valence-corrected chi connectivity index (χ3v) is 7.98. The normalized spacial score (nSPS) is 18.7. The number of amides is 2. The van der Waals surface area contributed by atoms with Crippen LogP contribution in [0.3, 0.4) is 0 Å². The highest BCUT2D eigenvalue weighted by Gasteiger charge is 2.35. The van der Waals surface area contributed by atoms with Gasteiger partial charge in [-0.25, -0.2) is 9.18 Å². The molecule has 0 aromatic heterocycles. The number of hydrogen-bond donors (Lipinski definition) is 2. The van der Waals surface area contributed by atoms with E-state index in [0.29, 0.717) is 17.7 Å². The van der Waals surface area contributed by atoms with E-state index in [4.69, 9.17) is 0 Å². The van der Waals surface area contributed by atoms with Crippen molar-refractivity contribution in [3.8, 4) is 17.2 Å². The van der Waals surface area contributed by atoms with Crippen molar-refractivity contribution in [3.63, 3.8) is 0 Å². The second kappa shape index (κ2) is 12.5. The molecule has 10 heteroatoms. The minimum atomic E-state index is -4.87. The molecule has 2 amide bonds. The van der Waals surface area contributed by atoms with Crippen molar-refractivity contribution < 1.29 is 22.4 Å². The fourth-order valence-corrected chi connectivity index (χ4v) is 5.62. The summed E-state index contributed by atoms with van der Waals surface area (Å²) in [6, 6.07) is 19.3. The molecule has 42 heavy (non-hydrogen) atoms. The lowest BCUT2D eigenvalue weighted by molar-refractivity contribution is -0.139. The van der Waals surface area contributed by atoms with E-state index < -0.39 is 23.6 Å². The molecule has 220 valence electrons. The number of carbonyl (C=O) groups excluding carboxylic acids is 1. The Hall–Kier alpha value is -3.94. The Kier molecular flexibility index (Phi) is 8.80. The van der Waals surface area contributed by atoms with Crippen LogP contribution >= 0.6 is 0 Å². The molecule has 0 bridgehead atoms. The summed E-state index contributed by atoms with van der Waals surface area (Å²) in [6.45, 7) is 6.13. The smallest absolute Gasteiger partial charge is 0.336 e. The number of alkyl halides is 3. The largest absolute Gasteiger partial charge is 0.419 e. The zero-order valence-corrected chi connectivity index (χ0v) is 23.3. The second-order valence-corrected chi connectivity index (χ2v) is 11.1. The van der Waals surface area contributed by atoms with Crippen molar-refractivity contribution in [1.82, 2.24) is 15.1 Å². The van der Waals surface area contributed by atoms with Gasteiger partial charge >= 0.3 is 12.2 Å². The molecule has 0 radical (unpaired) electrons. The van der Waals surface area contributed by atoms with Crippen LogP contribution in [0.2, 0.25) is 0 Å². The molecule has 3 aromatic rings. The summed E-state index contributed by atoms with van der Waals surface area (Å²) in [5.74, 6) is -0.604. The number of urea groups is 1. The highest BCUT2D eigenvalue weighted by atomic mass is 19.4. The first-order valence-corrected chi connectivity index (χ1v) is 14.1. The molecule has 1 heterocycles. The molecule has 2 atom stereocenters. The van der Waals surface area contributed by atoms with E-state index >= 15 is 0 Å². The maximum atomic E-state index is 13.7. The molecule has 2 aliphatic rings. The zero-order valence-electron chi connectivity index (χ0n) is 23.3. The monoisotopic (exact) mass is 579 g/mol. The van der Waals surface area contributed by atoms with Gasteiger partial charge in [0.1, 0.15) is 5.82 Å². The molecular weight excluding hydrogens is 546 g/mol. The SMILES string of the molecule is C[C@H]1CN(CC2CC2)CCN1[C@H](CNC(=O)Nc1ccc(F)c(C(F)(F)F)c1)c1ccc(-c2cccc(C#N)c2)cc1. The Morgan fingerprint density at radius 3 is 2.48 bits per heavy atom. The van der Waals surface area contributed by atoms with Gasteiger partial charge in [0.05, 0.1) is 23.2 Å². The highest BCUT2D eigenvalue weighted by molar-refractivity contribution is 5.89. The van der Waals surface area contributed by atoms with Crippen LogP contribution in [-0.2, 0) is 6.18 Å². The first kappa shape index (κ1) is 29.5. The molecule has 0 spiro atoms. The second-order valence-electron chi connectivity index (χ2n) is 11.1. The molecule has 1 saturated carbocycles. The number of anilines is 1. The van der Waals surface area contributed by atoms with Gasteiger partial charge in [-0.15, -0.1) is 0 Å². The molecule has 5 rings (SSSR count). The Balaban J connectivity index is 1.32. The Bertz CT molecular complexity index is 1450. The van der Waals surface area contributed by atoms with Crippen molar-refractivity contribution >= 4 is 11.7 Å². The summed E-state index contributed by atoms with van der Waals surface area (Å²) in [5, 5.41) is 14.5. The molecular formula is C32H33F4N5O. The van der Waals surface area contributed by atoms with Crippen LogP contribution in [0.15, 0.2) is 66.7 Å². The Morgan fingerprint density at radius 1 is 1.05 bits per heavy atom. The fraction of sp³-hybridized carbons (Fsp3) is 0.375.